The van der Waals surface area contributed by atoms with Crippen molar-refractivity contribution < 1.29 is 4.79 Å². The first-order valence-electron chi connectivity index (χ1n) is 7.80. The molecule has 2 aromatic carbocycles. The summed E-state index contributed by atoms with van der Waals surface area (Å²) in [5.74, 6) is 0.0394. The second-order valence-corrected chi connectivity index (χ2v) is 6.31. The number of benzene rings is 2. The van der Waals surface area contributed by atoms with Gasteiger partial charge in [-0.2, -0.15) is 0 Å². The Hall–Kier alpha value is -2.86. The summed E-state index contributed by atoms with van der Waals surface area (Å²) in [5.41, 5.74) is 1.79. The van der Waals surface area contributed by atoms with Gasteiger partial charge < -0.3 is 10.3 Å². The molecule has 0 fully saturated rings. The first-order valence-corrected chi connectivity index (χ1v) is 8.78. The minimum atomic E-state index is -0.232. The quantitative estimate of drug-likeness (QED) is 0.529. The van der Waals surface area contributed by atoms with E-state index in [2.05, 4.69) is 15.3 Å². The summed E-state index contributed by atoms with van der Waals surface area (Å²) in [5, 5.41) is 3.48. The third-order valence-corrected chi connectivity index (χ3v) is 4.45. The minimum absolute atomic E-state index is 0.130. The van der Waals surface area contributed by atoms with Crippen molar-refractivity contribution in [2.75, 3.05) is 5.75 Å². The molecule has 0 bridgehead atoms. The van der Waals surface area contributed by atoms with Crippen molar-refractivity contribution in [1.29, 1.82) is 0 Å². The van der Waals surface area contributed by atoms with Gasteiger partial charge in [0.15, 0.2) is 5.16 Å². The van der Waals surface area contributed by atoms with Crippen LogP contribution in [0.25, 0.3) is 0 Å². The van der Waals surface area contributed by atoms with Gasteiger partial charge in [0.25, 0.3) is 5.56 Å². The van der Waals surface area contributed by atoms with Gasteiger partial charge in [-0.15, -0.1) is 0 Å². The van der Waals surface area contributed by atoms with Crippen molar-refractivity contribution >= 4 is 17.7 Å². The molecular weight excluding hydrogens is 334 g/mol. The number of aromatic nitrogens is 2. The van der Waals surface area contributed by atoms with E-state index in [0.29, 0.717) is 5.16 Å². The fourth-order valence-electron chi connectivity index (χ4n) is 2.41. The van der Waals surface area contributed by atoms with E-state index in [0.717, 1.165) is 11.1 Å². The lowest BCUT2D eigenvalue weighted by molar-refractivity contribution is -0.119. The van der Waals surface area contributed by atoms with E-state index >= 15 is 0 Å². The number of nitrogens with one attached hydrogen (secondary N) is 2. The highest BCUT2D eigenvalue weighted by Gasteiger charge is 2.16. The number of carbonyl (C=O) groups is 1. The molecule has 1 aromatic heterocycles. The molecular formula is C19H17N3O2S. The zero-order chi connectivity index (χ0) is 17.5. The van der Waals surface area contributed by atoms with Crippen LogP contribution in [0.4, 0.5) is 0 Å². The number of nitrogens with zero attached hydrogens (tertiary/aromatic N) is 1. The van der Waals surface area contributed by atoms with Crippen LogP contribution in [0.15, 0.2) is 82.9 Å². The Kier molecular flexibility index (Phi) is 5.64. The Bertz CT molecular complexity index is 842. The number of thioether (sulfide) groups is 1. The maximum Gasteiger partial charge on any atom is 0.251 e. The second-order valence-electron chi connectivity index (χ2n) is 5.35. The first kappa shape index (κ1) is 17.0. The van der Waals surface area contributed by atoms with Gasteiger partial charge in [0.2, 0.25) is 5.91 Å². The molecule has 0 radical (unpaired) electrons. The third kappa shape index (κ3) is 4.81. The van der Waals surface area contributed by atoms with Gasteiger partial charge >= 0.3 is 0 Å². The molecule has 0 aliphatic carbocycles. The van der Waals surface area contributed by atoms with Crippen LogP contribution in [0.3, 0.4) is 0 Å². The van der Waals surface area contributed by atoms with E-state index in [4.69, 9.17) is 0 Å². The predicted octanol–water partition coefficient (Wildman–Crippen LogP) is 2.77. The van der Waals surface area contributed by atoms with Crippen molar-refractivity contribution in [3.8, 4) is 0 Å². The number of amides is 1. The fraction of sp³-hybridized carbons (Fsp3) is 0.105. The molecule has 126 valence electrons. The SMILES string of the molecule is O=C(CSc1nccc(=O)[nH]1)NC(c1ccccc1)c1ccccc1. The summed E-state index contributed by atoms with van der Waals surface area (Å²) in [7, 11) is 0. The monoisotopic (exact) mass is 351 g/mol. The van der Waals surface area contributed by atoms with E-state index in [-0.39, 0.29) is 23.3 Å². The zero-order valence-electron chi connectivity index (χ0n) is 13.4. The van der Waals surface area contributed by atoms with Crippen LogP contribution in [0.5, 0.6) is 0 Å². The Morgan fingerprint density at radius 2 is 1.60 bits per heavy atom. The number of aromatic amines is 1. The van der Waals surface area contributed by atoms with E-state index in [1.807, 2.05) is 60.7 Å². The number of hydrogen-bond donors (Lipinski definition) is 2. The smallest absolute Gasteiger partial charge is 0.251 e. The normalized spacial score (nSPS) is 10.6. The van der Waals surface area contributed by atoms with Gasteiger partial charge in [-0.3, -0.25) is 9.59 Å². The number of H-pyrrole nitrogens is 1. The van der Waals surface area contributed by atoms with Gasteiger partial charge in [-0.1, -0.05) is 72.4 Å². The van der Waals surface area contributed by atoms with Crippen LogP contribution >= 0.6 is 11.8 Å². The lowest BCUT2D eigenvalue weighted by Gasteiger charge is -2.19. The maximum absolute atomic E-state index is 12.4. The van der Waals surface area contributed by atoms with Gasteiger partial charge in [0.1, 0.15) is 0 Å². The minimum Gasteiger partial charge on any atom is -0.344 e. The zero-order valence-corrected chi connectivity index (χ0v) is 14.2. The number of carbonyl (C=O) groups excluding carboxylic acids is 1. The Morgan fingerprint density at radius 1 is 1.00 bits per heavy atom. The maximum atomic E-state index is 12.4. The highest BCUT2D eigenvalue weighted by molar-refractivity contribution is 7.99. The summed E-state index contributed by atoms with van der Waals surface area (Å²) < 4.78 is 0. The number of rotatable bonds is 6. The second kappa shape index (κ2) is 8.30. The van der Waals surface area contributed by atoms with E-state index in [1.54, 1.807) is 0 Å². The Balaban J connectivity index is 1.72. The first-order chi connectivity index (χ1) is 12.2. The van der Waals surface area contributed by atoms with Crippen molar-refractivity contribution in [2.45, 2.75) is 11.2 Å². The number of hydrogen-bond acceptors (Lipinski definition) is 4. The van der Waals surface area contributed by atoms with E-state index < -0.39 is 0 Å². The van der Waals surface area contributed by atoms with Crippen molar-refractivity contribution in [3.63, 3.8) is 0 Å². The Morgan fingerprint density at radius 3 is 2.16 bits per heavy atom. The summed E-state index contributed by atoms with van der Waals surface area (Å²) in [6.07, 6.45) is 1.43. The molecule has 0 saturated heterocycles. The topological polar surface area (TPSA) is 74.8 Å². The summed E-state index contributed by atoms with van der Waals surface area (Å²) >= 11 is 1.20. The predicted molar refractivity (Wildman–Crippen MR) is 98.5 cm³/mol. The van der Waals surface area contributed by atoms with Crippen molar-refractivity contribution in [3.05, 3.63) is 94.4 Å². The molecule has 0 saturated carbocycles. The van der Waals surface area contributed by atoms with Gasteiger partial charge in [0.05, 0.1) is 11.8 Å². The van der Waals surface area contributed by atoms with Crippen molar-refractivity contribution in [1.82, 2.24) is 15.3 Å². The third-order valence-electron chi connectivity index (χ3n) is 3.56. The lowest BCUT2D eigenvalue weighted by Crippen LogP contribution is -2.30. The highest BCUT2D eigenvalue weighted by Crippen LogP contribution is 2.22. The molecule has 0 atom stereocenters. The molecule has 5 nitrogen and oxygen atoms in total. The van der Waals surface area contributed by atoms with Crippen LogP contribution in [0, 0.1) is 0 Å². The fourth-order valence-corrected chi connectivity index (χ4v) is 3.07. The Labute approximate surface area is 149 Å². The van der Waals surface area contributed by atoms with Crippen LogP contribution in [-0.4, -0.2) is 21.6 Å². The molecule has 0 aliphatic heterocycles. The molecule has 6 heteroatoms. The van der Waals surface area contributed by atoms with Crippen molar-refractivity contribution in [2.24, 2.45) is 0 Å². The molecule has 0 aliphatic rings. The van der Waals surface area contributed by atoms with Gasteiger partial charge in [-0.25, -0.2) is 4.98 Å². The molecule has 0 spiro atoms. The summed E-state index contributed by atoms with van der Waals surface area (Å²) in [6, 6.07) is 20.8. The lowest BCUT2D eigenvalue weighted by atomic mass is 9.99. The van der Waals surface area contributed by atoms with Gasteiger partial charge in [-0.05, 0) is 11.1 Å². The molecule has 1 amide bonds. The summed E-state index contributed by atoms with van der Waals surface area (Å²) in [6.45, 7) is 0. The van der Waals surface area contributed by atoms with Crippen LogP contribution in [0.1, 0.15) is 17.2 Å². The molecule has 0 unspecified atom stereocenters. The van der Waals surface area contributed by atoms with Crippen LogP contribution in [0.2, 0.25) is 0 Å². The molecule has 25 heavy (non-hydrogen) atoms. The molecule has 1 heterocycles. The average molecular weight is 351 g/mol. The standard InChI is InChI=1S/C19H17N3O2S/c23-16-11-12-20-19(22-16)25-13-17(24)21-18(14-7-3-1-4-8-14)15-9-5-2-6-10-15/h1-12,18H,13H2,(H,21,24)(H,20,22,23). The van der Waals surface area contributed by atoms with E-state index in [1.165, 1.54) is 24.0 Å². The molecule has 2 N–H and O–H groups in total. The summed E-state index contributed by atoms with van der Waals surface area (Å²) in [4.78, 5) is 30.3. The van der Waals surface area contributed by atoms with Crippen LogP contribution < -0.4 is 10.9 Å². The average Bonchev–Trinajstić information content (AvgIpc) is 2.66. The van der Waals surface area contributed by atoms with E-state index in [9.17, 15) is 9.59 Å². The molecule has 3 rings (SSSR count). The van der Waals surface area contributed by atoms with Gasteiger partial charge in [0, 0.05) is 12.3 Å². The van der Waals surface area contributed by atoms with Crippen LogP contribution in [-0.2, 0) is 4.79 Å². The molecule has 3 aromatic rings. The largest absolute Gasteiger partial charge is 0.344 e. The highest BCUT2D eigenvalue weighted by atomic mass is 32.2.